The fourth-order valence-electron chi connectivity index (χ4n) is 2.47. The molecular weight excluding hydrogens is 310 g/mol. The molecule has 3 rings (SSSR count). The van der Waals surface area contributed by atoms with E-state index in [0.717, 1.165) is 42.0 Å². The van der Waals surface area contributed by atoms with Crippen LogP contribution in [0.4, 0.5) is 5.69 Å². The molecule has 3 nitrogen and oxygen atoms in total. The maximum atomic E-state index is 12.1. The molecule has 0 saturated carbocycles. The number of nitrogens with one attached hydrogen (secondary N) is 1. The summed E-state index contributed by atoms with van der Waals surface area (Å²) in [5.74, 6) is 0.745. The Morgan fingerprint density at radius 1 is 1.17 bits per heavy atom. The molecule has 0 atom stereocenters. The molecule has 0 radical (unpaired) electrons. The Hall–Kier alpha value is -2.26. The molecule has 1 heterocycles. The van der Waals surface area contributed by atoms with Gasteiger partial charge in [0.1, 0.15) is 5.75 Å². The zero-order chi connectivity index (χ0) is 16.2. The van der Waals surface area contributed by atoms with Gasteiger partial charge >= 0.3 is 0 Å². The van der Waals surface area contributed by atoms with Crippen molar-refractivity contribution >= 4 is 34.8 Å². The monoisotopic (exact) mass is 327 g/mol. The summed E-state index contributed by atoms with van der Waals surface area (Å²) in [6, 6.07) is 13.2. The third kappa shape index (κ3) is 3.57. The van der Waals surface area contributed by atoms with Crippen LogP contribution in [-0.2, 0) is 4.79 Å². The Balaban J connectivity index is 1.81. The predicted molar refractivity (Wildman–Crippen MR) is 94.8 cm³/mol. The van der Waals surface area contributed by atoms with E-state index in [1.54, 1.807) is 12.1 Å². The number of carbonyl (C=O) groups is 1. The smallest absolute Gasteiger partial charge is 0.256 e. The highest BCUT2D eigenvalue weighted by Crippen LogP contribution is 2.35. The molecule has 0 saturated heterocycles. The lowest BCUT2D eigenvalue weighted by Crippen LogP contribution is -2.03. The standard InChI is InChI=1S/C19H18ClNO2/c1-2-3-10-23-15-7-4-13(5-8-15)11-17-16-9-6-14(20)12-18(16)21-19(17)22/h4-9,11-12H,2-3,10H2,1H3,(H,21,22)/b17-11+. The summed E-state index contributed by atoms with van der Waals surface area (Å²) < 4.78 is 5.65. The highest BCUT2D eigenvalue weighted by molar-refractivity contribution is 6.36. The highest BCUT2D eigenvalue weighted by atomic mass is 35.5. The van der Waals surface area contributed by atoms with Crippen molar-refractivity contribution in [3.63, 3.8) is 0 Å². The first-order valence-electron chi connectivity index (χ1n) is 7.73. The molecule has 0 unspecified atom stereocenters. The number of carbonyl (C=O) groups excluding carboxylic acids is 1. The molecule has 0 spiro atoms. The molecule has 4 heteroatoms. The summed E-state index contributed by atoms with van der Waals surface area (Å²) in [6.45, 7) is 2.86. The number of ether oxygens (including phenoxy) is 1. The minimum Gasteiger partial charge on any atom is -0.494 e. The number of halogens is 1. The van der Waals surface area contributed by atoms with Gasteiger partial charge in [-0.1, -0.05) is 43.1 Å². The van der Waals surface area contributed by atoms with E-state index >= 15 is 0 Å². The van der Waals surface area contributed by atoms with Crippen molar-refractivity contribution < 1.29 is 9.53 Å². The van der Waals surface area contributed by atoms with Gasteiger partial charge in [-0.3, -0.25) is 4.79 Å². The number of unbranched alkanes of at least 4 members (excludes halogenated alkanes) is 1. The Kier molecular flexibility index (Phi) is 4.68. The number of anilines is 1. The predicted octanol–water partition coefficient (Wildman–Crippen LogP) is 5.01. The van der Waals surface area contributed by atoms with Crippen molar-refractivity contribution in [2.24, 2.45) is 0 Å². The number of fused-ring (bicyclic) bond motifs is 1. The Morgan fingerprint density at radius 3 is 2.70 bits per heavy atom. The zero-order valence-corrected chi connectivity index (χ0v) is 13.7. The average Bonchev–Trinajstić information content (AvgIpc) is 2.84. The van der Waals surface area contributed by atoms with Crippen molar-refractivity contribution in [2.45, 2.75) is 19.8 Å². The first-order chi connectivity index (χ1) is 11.2. The first kappa shape index (κ1) is 15.6. The molecule has 1 aliphatic rings. The maximum Gasteiger partial charge on any atom is 0.256 e. The van der Waals surface area contributed by atoms with Crippen LogP contribution in [0.5, 0.6) is 5.75 Å². The van der Waals surface area contributed by atoms with Crippen LogP contribution in [-0.4, -0.2) is 12.5 Å². The van der Waals surface area contributed by atoms with Crippen LogP contribution >= 0.6 is 11.6 Å². The molecule has 0 aliphatic carbocycles. The normalized spacial score (nSPS) is 14.7. The largest absolute Gasteiger partial charge is 0.494 e. The van der Waals surface area contributed by atoms with Gasteiger partial charge in [0.2, 0.25) is 0 Å². The molecule has 0 aromatic heterocycles. The van der Waals surface area contributed by atoms with E-state index in [9.17, 15) is 4.79 Å². The lowest BCUT2D eigenvalue weighted by Gasteiger charge is -2.05. The number of hydrogen-bond acceptors (Lipinski definition) is 2. The van der Waals surface area contributed by atoms with Crippen molar-refractivity contribution in [3.8, 4) is 5.75 Å². The van der Waals surface area contributed by atoms with Gasteiger partial charge in [0.15, 0.2) is 0 Å². The molecule has 2 aromatic carbocycles. The summed E-state index contributed by atoms with van der Waals surface area (Å²) in [6.07, 6.45) is 4.04. The van der Waals surface area contributed by atoms with E-state index in [0.29, 0.717) is 10.6 Å². The Bertz CT molecular complexity index is 750. The summed E-state index contributed by atoms with van der Waals surface area (Å²) in [5.41, 5.74) is 3.24. The van der Waals surface area contributed by atoms with Crippen molar-refractivity contribution in [2.75, 3.05) is 11.9 Å². The molecule has 1 amide bonds. The fourth-order valence-corrected chi connectivity index (χ4v) is 2.64. The number of benzene rings is 2. The van der Waals surface area contributed by atoms with Crippen molar-refractivity contribution in [1.29, 1.82) is 0 Å². The van der Waals surface area contributed by atoms with Crippen LogP contribution < -0.4 is 10.1 Å². The third-order valence-electron chi connectivity index (χ3n) is 3.72. The summed E-state index contributed by atoms with van der Waals surface area (Å²) in [5, 5.41) is 3.45. The van der Waals surface area contributed by atoms with Gasteiger partial charge in [-0.15, -0.1) is 0 Å². The molecular formula is C19H18ClNO2. The molecule has 1 N–H and O–H groups in total. The van der Waals surface area contributed by atoms with Crippen LogP contribution in [0, 0.1) is 0 Å². The van der Waals surface area contributed by atoms with Gasteiger partial charge in [-0.25, -0.2) is 0 Å². The third-order valence-corrected chi connectivity index (χ3v) is 3.96. The Morgan fingerprint density at radius 2 is 1.96 bits per heavy atom. The van der Waals surface area contributed by atoms with Crippen molar-refractivity contribution in [3.05, 3.63) is 58.6 Å². The summed E-state index contributed by atoms with van der Waals surface area (Å²) >= 11 is 5.96. The van der Waals surface area contributed by atoms with Crippen LogP contribution in [0.25, 0.3) is 11.6 Å². The van der Waals surface area contributed by atoms with E-state index in [1.165, 1.54) is 0 Å². The Labute approximate surface area is 140 Å². The minimum atomic E-state index is -0.106. The summed E-state index contributed by atoms with van der Waals surface area (Å²) in [4.78, 5) is 12.1. The zero-order valence-electron chi connectivity index (χ0n) is 12.9. The first-order valence-corrected chi connectivity index (χ1v) is 8.11. The van der Waals surface area contributed by atoms with Gasteiger partial charge in [-0.2, -0.15) is 0 Å². The van der Waals surface area contributed by atoms with Gasteiger partial charge in [-0.05, 0) is 42.3 Å². The van der Waals surface area contributed by atoms with E-state index < -0.39 is 0 Å². The average molecular weight is 328 g/mol. The van der Waals surface area contributed by atoms with Crippen LogP contribution in [0.15, 0.2) is 42.5 Å². The van der Waals surface area contributed by atoms with Gasteiger partial charge < -0.3 is 10.1 Å². The van der Waals surface area contributed by atoms with Crippen molar-refractivity contribution in [1.82, 2.24) is 0 Å². The van der Waals surface area contributed by atoms with Gasteiger partial charge in [0.05, 0.1) is 12.3 Å². The minimum absolute atomic E-state index is 0.106. The SMILES string of the molecule is CCCCOc1ccc(/C=C2/C(=O)Nc3cc(Cl)ccc32)cc1. The molecule has 0 bridgehead atoms. The van der Waals surface area contributed by atoms with Crippen LogP contribution in [0.1, 0.15) is 30.9 Å². The molecule has 0 fully saturated rings. The van der Waals surface area contributed by atoms with E-state index in [4.69, 9.17) is 16.3 Å². The van der Waals surface area contributed by atoms with Gasteiger partial charge in [0, 0.05) is 16.2 Å². The maximum absolute atomic E-state index is 12.1. The quantitative estimate of drug-likeness (QED) is 0.619. The number of rotatable bonds is 5. The second-order valence-electron chi connectivity index (χ2n) is 5.47. The van der Waals surface area contributed by atoms with Crippen LogP contribution in [0.2, 0.25) is 5.02 Å². The lowest BCUT2D eigenvalue weighted by molar-refractivity contribution is -0.110. The van der Waals surface area contributed by atoms with E-state index in [2.05, 4.69) is 12.2 Å². The van der Waals surface area contributed by atoms with Crippen LogP contribution in [0.3, 0.4) is 0 Å². The second kappa shape index (κ2) is 6.88. The fraction of sp³-hybridized carbons (Fsp3) is 0.211. The van der Waals surface area contributed by atoms with E-state index in [-0.39, 0.29) is 5.91 Å². The van der Waals surface area contributed by atoms with Gasteiger partial charge in [0.25, 0.3) is 5.91 Å². The number of hydrogen-bond donors (Lipinski definition) is 1. The van der Waals surface area contributed by atoms with E-state index in [1.807, 2.05) is 36.4 Å². The molecule has 1 aliphatic heterocycles. The highest BCUT2D eigenvalue weighted by Gasteiger charge is 2.23. The lowest BCUT2D eigenvalue weighted by atomic mass is 10.0. The molecule has 23 heavy (non-hydrogen) atoms. The summed E-state index contributed by atoms with van der Waals surface area (Å²) in [7, 11) is 0. The molecule has 2 aromatic rings. The second-order valence-corrected chi connectivity index (χ2v) is 5.91. The number of amides is 1. The molecule has 118 valence electrons. The topological polar surface area (TPSA) is 38.3 Å².